The number of rotatable bonds is 10. The van der Waals surface area contributed by atoms with Gasteiger partial charge >= 0.3 is 0 Å². The molecular weight excluding hydrogens is 1210 g/mol. The molecule has 15 rings (SSSR count). The molecule has 19 heteroatoms. The van der Waals surface area contributed by atoms with E-state index in [1.54, 1.807) is 55.7 Å². The Bertz CT molecular complexity index is 4090. The van der Waals surface area contributed by atoms with Crippen LogP contribution in [0.4, 0.5) is 0 Å². The van der Waals surface area contributed by atoms with E-state index < -0.39 is 16.6 Å². The molecule has 5 aromatic rings. The van der Waals surface area contributed by atoms with Gasteiger partial charge in [0.15, 0.2) is 34.5 Å². The molecule has 498 valence electrons. The second kappa shape index (κ2) is 25.2. The Labute approximate surface area is 563 Å². The van der Waals surface area contributed by atoms with Crippen LogP contribution in [-0.4, -0.2) is 126 Å². The molecule has 3 atom stereocenters. The predicted octanol–water partition coefficient (Wildman–Crippen LogP) is 10.7. The Kier molecular flexibility index (Phi) is 17.5. The number of nitrogens with two attached hydrogens (primary N) is 3. The number of carbonyl (C=O) groups excluding carboxylic acids is 3. The van der Waals surface area contributed by atoms with E-state index in [1.165, 1.54) is 34.4 Å². The van der Waals surface area contributed by atoms with Gasteiger partial charge in [0, 0.05) is 91.2 Å². The molecule has 2 aromatic heterocycles. The van der Waals surface area contributed by atoms with Gasteiger partial charge in [-0.15, -0.1) is 17.3 Å². The van der Waals surface area contributed by atoms with Crippen LogP contribution in [0, 0.1) is 45.8 Å². The quantitative estimate of drug-likeness (QED) is 0.111. The highest BCUT2D eigenvalue weighted by molar-refractivity contribution is 7.13. The average molecular weight is 1300 g/mol. The fraction of sp³-hybridized carbons (Fsp3) is 0.526. The lowest BCUT2D eigenvalue weighted by atomic mass is 9.61. The first-order chi connectivity index (χ1) is 45.7. The number of ether oxygens (including phenoxy) is 4. The van der Waals surface area contributed by atoms with Crippen molar-refractivity contribution >= 4 is 46.9 Å². The number of hydrogen-bond donors (Lipinski definition) is 3. The summed E-state index contributed by atoms with van der Waals surface area (Å²) < 4.78 is 23.0. The minimum absolute atomic E-state index is 0.0124. The summed E-state index contributed by atoms with van der Waals surface area (Å²) in [6, 6.07) is 21.0. The molecular formula is C76H91N11O7S. The number of pyridine rings is 1. The molecule has 95 heavy (non-hydrogen) atoms. The average Bonchev–Trinajstić information content (AvgIpc) is 1.55. The zero-order valence-corrected chi connectivity index (χ0v) is 57.6. The van der Waals surface area contributed by atoms with Crippen molar-refractivity contribution in [3.05, 3.63) is 123 Å². The number of guanidine groups is 3. The minimum atomic E-state index is -0.977. The maximum absolute atomic E-state index is 14.2. The highest BCUT2D eigenvalue weighted by Gasteiger charge is 2.70. The second-order valence-corrected chi connectivity index (χ2v) is 29.5. The smallest absolute Gasteiger partial charge is 0.262 e. The Morgan fingerprint density at radius 2 is 1.01 bits per heavy atom. The molecule has 6 spiro atoms. The lowest BCUT2D eigenvalue weighted by molar-refractivity contribution is -0.140. The van der Waals surface area contributed by atoms with Crippen LogP contribution in [-0.2, 0) is 64.5 Å². The zero-order chi connectivity index (χ0) is 67.0. The first-order valence-electron chi connectivity index (χ1n) is 34.1. The number of thiazole rings is 1. The van der Waals surface area contributed by atoms with Gasteiger partial charge < -0.3 is 36.1 Å². The van der Waals surface area contributed by atoms with Gasteiger partial charge in [0.05, 0.1) is 24.9 Å². The van der Waals surface area contributed by atoms with Crippen LogP contribution < -0.4 is 21.9 Å². The summed E-state index contributed by atoms with van der Waals surface area (Å²) in [5.41, 5.74) is 26.5. The van der Waals surface area contributed by atoms with Crippen LogP contribution >= 0.6 is 11.3 Å². The summed E-state index contributed by atoms with van der Waals surface area (Å²) >= 11 is 1.57. The van der Waals surface area contributed by atoms with Gasteiger partial charge in [-0.2, -0.15) is 0 Å². The highest BCUT2D eigenvalue weighted by atomic mass is 32.1. The van der Waals surface area contributed by atoms with Gasteiger partial charge in [-0.05, 0) is 232 Å². The van der Waals surface area contributed by atoms with Crippen molar-refractivity contribution in [2.45, 2.75) is 198 Å². The Balaban J connectivity index is 0.000000129. The van der Waals surface area contributed by atoms with Crippen LogP contribution in [0.3, 0.4) is 0 Å². The molecule has 0 radical (unpaired) electrons. The first kappa shape index (κ1) is 65.7. The summed E-state index contributed by atoms with van der Waals surface area (Å²) in [7, 11) is 7.05. The number of aliphatic imine (C=N–C) groups is 3. The van der Waals surface area contributed by atoms with Gasteiger partial charge in [-0.3, -0.25) is 34.1 Å². The summed E-state index contributed by atoms with van der Waals surface area (Å²) in [5.74, 6) is 14.4. The third kappa shape index (κ3) is 10.6. The monoisotopic (exact) mass is 1300 g/mol. The van der Waals surface area contributed by atoms with Crippen molar-refractivity contribution in [1.29, 1.82) is 0 Å². The van der Waals surface area contributed by atoms with Crippen molar-refractivity contribution in [3.63, 3.8) is 0 Å². The Morgan fingerprint density at radius 1 is 0.558 bits per heavy atom. The molecule has 6 N–H and O–H groups in total. The van der Waals surface area contributed by atoms with Crippen molar-refractivity contribution in [2.75, 3.05) is 35.0 Å². The molecule has 0 bridgehead atoms. The van der Waals surface area contributed by atoms with Gasteiger partial charge in [0.1, 0.15) is 16.5 Å². The normalized spacial score (nSPS) is 29.9. The largest absolute Gasteiger partial charge is 0.493 e. The second-order valence-electron chi connectivity index (χ2n) is 28.7. The molecule has 4 fully saturated rings. The summed E-state index contributed by atoms with van der Waals surface area (Å²) in [4.78, 5) is 70.9. The van der Waals surface area contributed by atoms with E-state index in [2.05, 4.69) is 88.2 Å². The SMILES string of the molecule is CC#Cc1cncc(-c2ccc3c(c2)C2(N=C(N)N(C)C2=O)C2(CCC(OC)CC2)C3)c1.CC#Cc1csc(-c2ccc3c(c2)C2(N=C(N)N(C(C)C)C2=O)C2(CCC(OC)CC2)C3)n1.COC1CCC2(CC1)Cc1ccc(OCC3CC3)cc1C21N=C(N)N(C(C)C)C1=O. The van der Waals surface area contributed by atoms with Crippen molar-refractivity contribution < 1.29 is 33.3 Å². The number of aromatic nitrogens is 2. The van der Waals surface area contributed by atoms with Crippen molar-refractivity contribution in [3.8, 4) is 51.1 Å². The molecule has 5 heterocycles. The molecule has 3 amide bonds. The molecule has 3 unspecified atom stereocenters. The number of nitrogens with zero attached hydrogens (tertiary/aromatic N) is 8. The Morgan fingerprint density at radius 3 is 1.45 bits per heavy atom. The number of fused-ring (bicyclic) bond motifs is 9. The van der Waals surface area contributed by atoms with Gasteiger partial charge in [0.25, 0.3) is 17.7 Å². The van der Waals surface area contributed by atoms with E-state index in [0.717, 1.165) is 158 Å². The van der Waals surface area contributed by atoms with E-state index in [-0.39, 0.29) is 64.4 Å². The van der Waals surface area contributed by atoms with E-state index >= 15 is 0 Å². The van der Waals surface area contributed by atoms with Gasteiger partial charge in [-0.25, -0.2) is 20.0 Å². The first-order valence-corrected chi connectivity index (χ1v) is 35.0. The standard InChI is InChI=1S/C26H30N4O2S.C26H28N4O2.C24H33N3O3/c1-5-6-19-15-33-22(28-19)17-7-8-18-14-25(11-9-20(32-4)10-12-25)26(21(18)13-17)23(31)30(16(2)3)24(27)29-26;1-4-5-17-12-20(16-28-15-17)18-6-7-19-14-25(10-8-21(32-3)9-11-25)26(22(19)13-18)23(31)30(2)24(27)29-26;1-15(2)27-21(28)24(26-22(27)25)20-12-19(30-14-16-4-5-16)7-6-17(20)13-23(24)10-8-18(29-3)9-11-23/h7-8,13,15-16,20H,9-12,14H2,1-4H3,(H2,27,29);6-7,12-13,15-16,21H,8-11,14H2,1-3H3,(H2,27,29);6-7,12,15-16,18H,4-5,8-11,13-14H2,1-3H3,(H2,25,26). The number of hydrogen-bond acceptors (Lipinski definition) is 16. The number of methoxy groups -OCH3 is 3. The van der Waals surface area contributed by atoms with E-state index in [0.29, 0.717) is 23.8 Å². The lowest BCUT2D eigenvalue weighted by Gasteiger charge is -2.45. The fourth-order valence-electron chi connectivity index (χ4n) is 17.9. The zero-order valence-electron chi connectivity index (χ0n) is 56.8. The molecule has 4 saturated carbocycles. The topological polar surface area (TPSA) is 239 Å². The van der Waals surface area contributed by atoms with Gasteiger partial charge in [-0.1, -0.05) is 42.2 Å². The maximum Gasteiger partial charge on any atom is 0.262 e. The summed E-state index contributed by atoms with van der Waals surface area (Å²) in [6.45, 7) is 12.4. The number of likely N-dealkylation sites (N-methyl/N-ethyl adjacent to an activating group) is 1. The molecule has 18 nitrogen and oxygen atoms in total. The molecule has 7 aliphatic carbocycles. The van der Waals surface area contributed by atoms with E-state index in [9.17, 15) is 14.4 Å². The fourth-order valence-corrected chi connectivity index (χ4v) is 18.6. The van der Waals surface area contributed by atoms with E-state index in [1.807, 2.05) is 59.2 Å². The molecule has 3 aliphatic heterocycles. The third-order valence-electron chi connectivity index (χ3n) is 22.9. The number of benzene rings is 3. The third-order valence-corrected chi connectivity index (χ3v) is 23.8. The minimum Gasteiger partial charge on any atom is -0.493 e. The molecule has 10 aliphatic rings. The Hall–Kier alpha value is -7.94. The van der Waals surface area contributed by atoms with Crippen molar-refractivity contribution in [2.24, 2.45) is 54.3 Å². The van der Waals surface area contributed by atoms with Crippen molar-refractivity contribution in [1.82, 2.24) is 24.7 Å². The van der Waals surface area contributed by atoms with Crippen LogP contribution in [0.1, 0.15) is 176 Å². The maximum atomic E-state index is 14.2. The van der Waals surface area contributed by atoms with Crippen LogP contribution in [0.5, 0.6) is 5.75 Å². The number of carbonyl (C=O) groups is 3. The number of amides is 3. The lowest BCUT2D eigenvalue weighted by Crippen LogP contribution is -2.53. The summed E-state index contributed by atoms with van der Waals surface area (Å²) in [6.07, 6.45) is 20.3. The molecule has 3 aromatic carbocycles. The highest BCUT2D eigenvalue weighted by Crippen LogP contribution is 2.66. The molecule has 0 saturated heterocycles. The summed E-state index contributed by atoms with van der Waals surface area (Å²) in [5, 5.41) is 2.87. The van der Waals surface area contributed by atoms with Gasteiger partial charge in [0.2, 0.25) is 0 Å². The van der Waals surface area contributed by atoms with Crippen LogP contribution in [0.2, 0.25) is 0 Å². The van der Waals surface area contributed by atoms with Crippen LogP contribution in [0.15, 0.2) is 93.4 Å². The predicted molar refractivity (Wildman–Crippen MR) is 370 cm³/mol. The van der Waals surface area contributed by atoms with Crippen LogP contribution in [0.25, 0.3) is 21.7 Å². The van der Waals surface area contributed by atoms with E-state index in [4.69, 9.17) is 51.1 Å².